The maximum atomic E-state index is 11.7. The van der Waals surface area contributed by atoms with E-state index in [1.807, 2.05) is 45.9 Å². The molecule has 0 spiro atoms. The first kappa shape index (κ1) is 12.8. The van der Waals surface area contributed by atoms with Crippen LogP contribution in [0.1, 0.15) is 56.1 Å². The minimum absolute atomic E-state index is 0.0717. The van der Waals surface area contributed by atoms with Gasteiger partial charge >= 0.3 is 0 Å². The average molecular weight is 219 g/mol. The van der Waals surface area contributed by atoms with E-state index < -0.39 is 0 Å². The van der Waals surface area contributed by atoms with Crippen molar-refractivity contribution in [2.75, 3.05) is 0 Å². The molecule has 88 valence electrons. The van der Waals surface area contributed by atoms with Gasteiger partial charge in [-0.25, -0.2) is 0 Å². The topological polar surface area (TPSA) is 29.1 Å². The molecule has 0 fully saturated rings. The predicted octanol–water partition coefficient (Wildman–Crippen LogP) is 3.25. The van der Waals surface area contributed by atoms with E-state index in [0.29, 0.717) is 0 Å². The van der Waals surface area contributed by atoms with Gasteiger partial charge in [0.15, 0.2) is 0 Å². The predicted molar refractivity (Wildman–Crippen MR) is 67.7 cm³/mol. The lowest BCUT2D eigenvalue weighted by atomic mass is 9.91. The molecular formula is C14H21NO. The number of carbonyl (C=O) groups is 1. The van der Waals surface area contributed by atoms with E-state index in [4.69, 9.17) is 0 Å². The second-order valence-electron chi connectivity index (χ2n) is 4.27. The van der Waals surface area contributed by atoms with Crippen LogP contribution in [-0.2, 0) is 12.0 Å². The molecule has 1 amide bonds. The zero-order chi connectivity index (χ0) is 12.3. The van der Waals surface area contributed by atoms with Crippen molar-refractivity contribution < 1.29 is 4.79 Å². The molecule has 16 heavy (non-hydrogen) atoms. The van der Waals surface area contributed by atoms with Gasteiger partial charge in [-0.05, 0) is 31.4 Å². The van der Waals surface area contributed by atoms with Gasteiger partial charge in [-0.15, -0.1) is 0 Å². The van der Waals surface area contributed by atoms with Crippen LogP contribution in [0.15, 0.2) is 18.2 Å². The third-order valence-corrected chi connectivity index (χ3v) is 2.86. The molecule has 0 radical (unpaired) electrons. The molecule has 1 heterocycles. The highest BCUT2D eigenvalue weighted by atomic mass is 16.2. The van der Waals surface area contributed by atoms with E-state index >= 15 is 0 Å². The van der Waals surface area contributed by atoms with Crippen LogP contribution < -0.4 is 5.32 Å². The molecule has 1 aromatic carbocycles. The van der Waals surface area contributed by atoms with Crippen molar-refractivity contribution in [1.29, 1.82) is 0 Å². The van der Waals surface area contributed by atoms with E-state index in [2.05, 4.69) is 12.2 Å². The highest BCUT2D eigenvalue weighted by Crippen LogP contribution is 2.32. The van der Waals surface area contributed by atoms with Crippen LogP contribution in [0.2, 0.25) is 0 Å². The number of nitrogens with one attached hydrogen (secondary N) is 1. The normalized spacial score (nSPS) is 15.9. The Balaban J connectivity index is 0.000000606. The van der Waals surface area contributed by atoms with Crippen molar-refractivity contribution in [1.82, 2.24) is 5.32 Å². The van der Waals surface area contributed by atoms with Gasteiger partial charge in [0, 0.05) is 5.56 Å². The molecular weight excluding hydrogens is 198 g/mol. The van der Waals surface area contributed by atoms with Gasteiger partial charge in [0.05, 0.1) is 5.54 Å². The largest absolute Gasteiger partial charge is 0.343 e. The lowest BCUT2D eigenvalue weighted by Gasteiger charge is -2.18. The van der Waals surface area contributed by atoms with Crippen LogP contribution in [0.3, 0.4) is 0 Å². The highest BCUT2D eigenvalue weighted by molar-refractivity contribution is 6.01. The molecule has 0 aliphatic carbocycles. The number of rotatable bonds is 1. The number of fused-ring (bicyclic) bond motifs is 1. The van der Waals surface area contributed by atoms with E-state index in [-0.39, 0.29) is 11.4 Å². The van der Waals surface area contributed by atoms with Gasteiger partial charge in [0.2, 0.25) is 0 Å². The van der Waals surface area contributed by atoms with Gasteiger partial charge in [-0.3, -0.25) is 4.79 Å². The van der Waals surface area contributed by atoms with E-state index in [1.165, 1.54) is 0 Å². The lowest BCUT2D eigenvalue weighted by molar-refractivity contribution is 0.0939. The second-order valence-corrected chi connectivity index (χ2v) is 4.27. The third kappa shape index (κ3) is 1.97. The van der Waals surface area contributed by atoms with Crippen molar-refractivity contribution in [2.45, 2.75) is 46.6 Å². The molecule has 0 saturated heterocycles. The molecule has 0 aromatic heterocycles. The van der Waals surface area contributed by atoms with E-state index in [0.717, 1.165) is 23.1 Å². The van der Waals surface area contributed by atoms with Crippen LogP contribution in [0.4, 0.5) is 0 Å². The van der Waals surface area contributed by atoms with Gasteiger partial charge in [0.1, 0.15) is 0 Å². The molecule has 2 heteroatoms. The Morgan fingerprint density at radius 2 is 1.88 bits per heavy atom. The minimum Gasteiger partial charge on any atom is -0.343 e. The molecule has 0 unspecified atom stereocenters. The fourth-order valence-electron chi connectivity index (χ4n) is 2.10. The summed E-state index contributed by atoms with van der Waals surface area (Å²) in [4.78, 5) is 11.7. The zero-order valence-corrected chi connectivity index (χ0v) is 10.8. The van der Waals surface area contributed by atoms with Crippen LogP contribution in [0, 0.1) is 0 Å². The van der Waals surface area contributed by atoms with E-state index in [1.54, 1.807) is 0 Å². The Morgan fingerprint density at radius 1 is 1.25 bits per heavy atom. The Kier molecular flexibility index (Phi) is 3.74. The number of amides is 1. The Hall–Kier alpha value is -1.31. The Labute approximate surface area is 98.1 Å². The molecule has 1 aliphatic heterocycles. The number of benzene rings is 1. The van der Waals surface area contributed by atoms with Crippen LogP contribution in [-0.4, -0.2) is 5.91 Å². The minimum atomic E-state index is -0.211. The monoisotopic (exact) mass is 219 g/mol. The second kappa shape index (κ2) is 4.69. The van der Waals surface area contributed by atoms with Gasteiger partial charge in [-0.2, -0.15) is 0 Å². The zero-order valence-electron chi connectivity index (χ0n) is 10.8. The quantitative estimate of drug-likeness (QED) is 0.771. The first-order valence-corrected chi connectivity index (χ1v) is 6.01. The summed E-state index contributed by atoms with van der Waals surface area (Å²) in [6.07, 6.45) is 0.909. The fourth-order valence-corrected chi connectivity index (χ4v) is 2.10. The van der Waals surface area contributed by atoms with Crippen molar-refractivity contribution in [2.24, 2.45) is 0 Å². The maximum Gasteiger partial charge on any atom is 0.252 e. The number of hydrogen-bond donors (Lipinski definition) is 1. The van der Waals surface area contributed by atoms with Crippen molar-refractivity contribution in [3.63, 3.8) is 0 Å². The number of aryl methyl sites for hydroxylation is 1. The smallest absolute Gasteiger partial charge is 0.252 e. The number of hydrogen-bond acceptors (Lipinski definition) is 1. The van der Waals surface area contributed by atoms with Gasteiger partial charge in [-0.1, -0.05) is 39.0 Å². The first-order valence-electron chi connectivity index (χ1n) is 6.01. The third-order valence-electron chi connectivity index (χ3n) is 2.86. The summed E-state index contributed by atoms with van der Waals surface area (Å²) in [6, 6.07) is 6.09. The van der Waals surface area contributed by atoms with Crippen LogP contribution >= 0.6 is 0 Å². The summed E-state index contributed by atoms with van der Waals surface area (Å²) >= 11 is 0. The summed E-state index contributed by atoms with van der Waals surface area (Å²) in [5, 5.41) is 2.99. The highest BCUT2D eigenvalue weighted by Gasteiger charge is 2.35. The maximum absolute atomic E-state index is 11.7. The van der Waals surface area contributed by atoms with Crippen LogP contribution in [0.5, 0.6) is 0 Å². The average Bonchev–Trinajstić information content (AvgIpc) is 2.52. The Morgan fingerprint density at radius 3 is 2.44 bits per heavy atom. The lowest BCUT2D eigenvalue weighted by Crippen LogP contribution is -2.32. The molecule has 2 nitrogen and oxygen atoms in total. The molecule has 1 aliphatic rings. The van der Waals surface area contributed by atoms with Crippen molar-refractivity contribution in [3.8, 4) is 0 Å². The molecule has 2 rings (SSSR count). The Bertz CT molecular complexity index is 394. The van der Waals surface area contributed by atoms with E-state index in [9.17, 15) is 4.79 Å². The van der Waals surface area contributed by atoms with Crippen molar-refractivity contribution >= 4 is 5.91 Å². The summed E-state index contributed by atoms with van der Waals surface area (Å²) in [7, 11) is 0. The summed E-state index contributed by atoms with van der Waals surface area (Å²) in [5.41, 5.74) is 2.95. The molecule has 0 saturated carbocycles. The number of carbonyl (C=O) groups excluding carboxylic acids is 1. The summed E-state index contributed by atoms with van der Waals surface area (Å²) < 4.78 is 0. The standard InChI is InChI=1S/C12H15NO.C2H6/c1-4-8-6-5-7-9-10(8)11(14)13-12(9,2)3;1-2/h5-7H,4H2,1-3H3,(H,13,14);1-2H3. The fraction of sp³-hybridized carbons (Fsp3) is 0.500. The van der Waals surface area contributed by atoms with Crippen molar-refractivity contribution in [3.05, 3.63) is 34.9 Å². The molecule has 0 atom stereocenters. The van der Waals surface area contributed by atoms with Crippen LogP contribution in [0.25, 0.3) is 0 Å². The summed E-state index contributed by atoms with van der Waals surface area (Å²) in [5.74, 6) is 0.0717. The van der Waals surface area contributed by atoms with Gasteiger partial charge < -0.3 is 5.32 Å². The SMILES string of the molecule is CC.CCc1cccc2c1C(=O)NC2(C)C. The first-order chi connectivity index (χ1) is 7.56. The summed E-state index contributed by atoms with van der Waals surface area (Å²) in [6.45, 7) is 10.2. The van der Waals surface area contributed by atoms with Gasteiger partial charge in [0.25, 0.3) is 5.91 Å². The molecule has 0 bridgehead atoms. The molecule has 1 aromatic rings. The molecule has 1 N–H and O–H groups in total.